The Kier molecular flexibility index (Phi) is 7.53. The number of carbonyl (C=O) groups excluding carboxylic acids is 1. The zero-order chi connectivity index (χ0) is 14.2. The number of hydrogen-bond acceptors (Lipinski definition) is 5. The van der Waals surface area contributed by atoms with Crippen LogP contribution in [0.1, 0.15) is 26.7 Å². The van der Waals surface area contributed by atoms with Crippen molar-refractivity contribution in [3.63, 3.8) is 0 Å². The van der Waals surface area contributed by atoms with Crippen LogP contribution in [0, 0.1) is 0 Å². The molecule has 0 heterocycles. The van der Waals surface area contributed by atoms with Crippen LogP contribution in [-0.2, 0) is 24.3 Å². The summed E-state index contributed by atoms with van der Waals surface area (Å²) in [6, 6.07) is 0. The van der Waals surface area contributed by atoms with E-state index >= 15 is 0 Å². The molecular formula is C10H19NO6S. The standard InChI is InChI=1S/C10H19NO6S/c1-3-11(8-10(14)17-4-2)18(15,16)7-5-6-9(12)13/h3-8H2,1-2H3,(H,12,13). The van der Waals surface area contributed by atoms with Gasteiger partial charge in [-0.15, -0.1) is 0 Å². The summed E-state index contributed by atoms with van der Waals surface area (Å²) in [6.45, 7) is 3.24. The van der Waals surface area contributed by atoms with Crippen LogP contribution in [0.5, 0.6) is 0 Å². The molecule has 0 fully saturated rings. The van der Waals surface area contributed by atoms with Crippen molar-refractivity contribution in [2.75, 3.05) is 25.4 Å². The van der Waals surface area contributed by atoms with E-state index < -0.39 is 22.0 Å². The minimum Gasteiger partial charge on any atom is -0.481 e. The van der Waals surface area contributed by atoms with E-state index in [0.29, 0.717) is 0 Å². The molecule has 0 aromatic heterocycles. The lowest BCUT2D eigenvalue weighted by Gasteiger charge is -2.19. The summed E-state index contributed by atoms with van der Waals surface area (Å²) in [6.07, 6.45) is -0.187. The normalized spacial score (nSPS) is 11.5. The predicted molar refractivity (Wildman–Crippen MR) is 64.5 cm³/mol. The van der Waals surface area contributed by atoms with Crippen LogP contribution in [0.4, 0.5) is 0 Å². The quantitative estimate of drug-likeness (QED) is 0.600. The third-order valence-electron chi connectivity index (χ3n) is 2.15. The first-order chi connectivity index (χ1) is 8.33. The van der Waals surface area contributed by atoms with Gasteiger partial charge in [0.25, 0.3) is 0 Å². The maximum absolute atomic E-state index is 11.8. The number of rotatable bonds is 9. The molecule has 0 aromatic carbocycles. The lowest BCUT2D eigenvalue weighted by molar-refractivity contribution is -0.143. The van der Waals surface area contributed by atoms with Gasteiger partial charge in [-0.25, -0.2) is 8.42 Å². The van der Waals surface area contributed by atoms with E-state index in [-0.39, 0.29) is 38.3 Å². The maximum Gasteiger partial charge on any atom is 0.321 e. The van der Waals surface area contributed by atoms with Crippen LogP contribution >= 0.6 is 0 Å². The van der Waals surface area contributed by atoms with Gasteiger partial charge in [0.05, 0.1) is 12.4 Å². The lowest BCUT2D eigenvalue weighted by Crippen LogP contribution is -2.37. The molecule has 0 spiro atoms. The molecule has 8 heteroatoms. The minimum atomic E-state index is -3.61. The van der Waals surface area contributed by atoms with E-state index in [1.54, 1.807) is 13.8 Å². The van der Waals surface area contributed by atoms with Crippen molar-refractivity contribution in [3.8, 4) is 0 Å². The monoisotopic (exact) mass is 281 g/mol. The zero-order valence-electron chi connectivity index (χ0n) is 10.6. The van der Waals surface area contributed by atoms with Crippen molar-refractivity contribution in [2.45, 2.75) is 26.7 Å². The van der Waals surface area contributed by atoms with Crippen molar-refractivity contribution in [1.29, 1.82) is 0 Å². The summed E-state index contributed by atoms with van der Waals surface area (Å²) in [5.74, 6) is -1.94. The number of carbonyl (C=O) groups is 2. The molecule has 0 amide bonds. The fourth-order valence-electron chi connectivity index (χ4n) is 1.29. The summed E-state index contributed by atoms with van der Waals surface area (Å²) in [5.41, 5.74) is 0. The highest BCUT2D eigenvalue weighted by atomic mass is 32.2. The molecule has 0 unspecified atom stereocenters. The Morgan fingerprint density at radius 1 is 1.28 bits per heavy atom. The Morgan fingerprint density at radius 2 is 1.89 bits per heavy atom. The third-order valence-corrected chi connectivity index (χ3v) is 4.13. The number of carboxylic acid groups (broad SMARTS) is 1. The van der Waals surface area contributed by atoms with E-state index in [4.69, 9.17) is 5.11 Å². The molecule has 0 saturated heterocycles. The Hall–Kier alpha value is -1.15. The van der Waals surface area contributed by atoms with Crippen molar-refractivity contribution in [3.05, 3.63) is 0 Å². The lowest BCUT2D eigenvalue weighted by atomic mass is 10.3. The Bertz CT molecular complexity index is 378. The Morgan fingerprint density at radius 3 is 2.33 bits per heavy atom. The summed E-state index contributed by atoms with van der Waals surface area (Å²) in [4.78, 5) is 21.5. The molecule has 18 heavy (non-hydrogen) atoms. The van der Waals surface area contributed by atoms with Gasteiger partial charge in [0.2, 0.25) is 10.0 Å². The molecule has 7 nitrogen and oxygen atoms in total. The van der Waals surface area contributed by atoms with Gasteiger partial charge in [0, 0.05) is 13.0 Å². The highest BCUT2D eigenvalue weighted by molar-refractivity contribution is 7.89. The summed E-state index contributed by atoms with van der Waals surface area (Å²) < 4.78 is 29.3. The van der Waals surface area contributed by atoms with Crippen LogP contribution in [0.15, 0.2) is 0 Å². The van der Waals surface area contributed by atoms with Gasteiger partial charge in [-0.1, -0.05) is 6.92 Å². The van der Waals surface area contributed by atoms with Crippen molar-refractivity contribution < 1.29 is 27.9 Å². The van der Waals surface area contributed by atoms with Crippen LogP contribution in [0.2, 0.25) is 0 Å². The molecule has 0 aliphatic carbocycles. The van der Waals surface area contributed by atoms with E-state index in [1.165, 1.54) is 0 Å². The fourth-order valence-corrected chi connectivity index (χ4v) is 2.76. The molecule has 0 aromatic rings. The SMILES string of the molecule is CCOC(=O)CN(CC)S(=O)(=O)CCCC(=O)O. The average Bonchev–Trinajstić information content (AvgIpc) is 2.25. The van der Waals surface area contributed by atoms with Gasteiger partial charge < -0.3 is 9.84 Å². The van der Waals surface area contributed by atoms with Gasteiger partial charge in [0.1, 0.15) is 6.54 Å². The minimum absolute atomic E-state index is 0.0248. The van der Waals surface area contributed by atoms with Crippen LogP contribution in [0.25, 0.3) is 0 Å². The Labute approximate surface area is 107 Å². The van der Waals surface area contributed by atoms with Crippen molar-refractivity contribution >= 4 is 22.0 Å². The van der Waals surface area contributed by atoms with Gasteiger partial charge in [-0.3, -0.25) is 9.59 Å². The van der Waals surface area contributed by atoms with E-state index in [2.05, 4.69) is 4.74 Å². The molecular weight excluding hydrogens is 262 g/mol. The molecule has 0 aliphatic heterocycles. The highest BCUT2D eigenvalue weighted by Crippen LogP contribution is 2.05. The van der Waals surface area contributed by atoms with Gasteiger partial charge in [-0.2, -0.15) is 4.31 Å². The topological polar surface area (TPSA) is 101 Å². The first kappa shape index (κ1) is 16.9. The van der Waals surface area contributed by atoms with Crippen LogP contribution in [0.3, 0.4) is 0 Å². The van der Waals surface area contributed by atoms with Crippen LogP contribution in [-0.4, -0.2) is 55.2 Å². The number of hydrogen-bond donors (Lipinski definition) is 1. The Balaban J connectivity index is 4.42. The van der Waals surface area contributed by atoms with Crippen molar-refractivity contribution in [2.24, 2.45) is 0 Å². The van der Waals surface area contributed by atoms with Gasteiger partial charge in [-0.05, 0) is 13.3 Å². The molecule has 0 radical (unpaired) electrons. The largest absolute Gasteiger partial charge is 0.481 e. The molecule has 0 bridgehead atoms. The number of ether oxygens (including phenoxy) is 1. The smallest absolute Gasteiger partial charge is 0.321 e. The maximum atomic E-state index is 11.8. The second-order valence-corrected chi connectivity index (χ2v) is 5.63. The number of likely N-dealkylation sites (N-methyl/N-ethyl adjacent to an activating group) is 1. The van der Waals surface area contributed by atoms with Gasteiger partial charge >= 0.3 is 11.9 Å². The second-order valence-electron chi connectivity index (χ2n) is 3.54. The van der Waals surface area contributed by atoms with Crippen LogP contribution < -0.4 is 0 Å². The molecule has 106 valence electrons. The molecule has 0 rings (SSSR count). The third kappa shape index (κ3) is 6.55. The molecule has 1 N–H and O–H groups in total. The number of aliphatic carboxylic acids is 1. The van der Waals surface area contributed by atoms with E-state index in [9.17, 15) is 18.0 Å². The number of esters is 1. The second kappa shape index (κ2) is 8.04. The molecule has 0 aliphatic rings. The highest BCUT2D eigenvalue weighted by Gasteiger charge is 2.23. The molecule has 0 saturated carbocycles. The van der Waals surface area contributed by atoms with E-state index in [0.717, 1.165) is 4.31 Å². The van der Waals surface area contributed by atoms with Crippen molar-refractivity contribution in [1.82, 2.24) is 4.31 Å². The number of carboxylic acids is 1. The number of sulfonamides is 1. The summed E-state index contributed by atoms with van der Waals surface area (Å²) in [7, 11) is -3.61. The fraction of sp³-hybridized carbons (Fsp3) is 0.800. The van der Waals surface area contributed by atoms with Gasteiger partial charge in [0.15, 0.2) is 0 Å². The average molecular weight is 281 g/mol. The zero-order valence-corrected chi connectivity index (χ0v) is 11.4. The predicted octanol–water partition coefficient (Wildman–Crippen LogP) is 0.0660. The summed E-state index contributed by atoms with van der Waals surface area (Å²) >= 11 is 0. The number of nitrogens with zero attached hydrogens (tertiary/aromatic N) is 1. The molecule has 0 atom stereocenters. The first-order valence-corrected chi connectivity index (χ1v) is 7.29. The van der Waals surface area contributed by atoms with E-state index in [1.807, 2.05) is 0 Å². The first-order valence-electron chi connectivity index (χ1n) is 5.68. The summed E-state index contributed by atoms with van der Waals surface area (Å²) in [5, 5.41) is 8.44.